The van der Waals surface area contributed by atoms with Gasteiger partial charge in [0.25, 0.3) is 0 Å². The third-order valence-corrected chi connectivity index (χ3v) is 3.05. The highest BCUT2D eigenvalue weighted by molar-refractivity contribution is 5.98. The van der Waals surface area contributed by atoms with Crippen LogP contribution in [-0.4, -0.2) is 11.4 Å². The average Bonchev–Trinajstić information content (AvgIpc) is 2.88. The van der Waals surface area contributed by atoms with Crippen molar-refractivity contribution in [3.05, 3.63) is 54.5 Å². The first-order valence-electron chi connectivity index (χ1n) is 5.85. The molecule has 1 amide bonds. The van der Waals surface area contributed by atoms with E-state index >= 15 is 0 Å². The summed E-state index contributed by atoms with van der Waals surface area (Å²) in [4.78, 5) is 13.7. The van der Waals surface area contributed by atoms with Gasteiger partial charge in [-0.1, -0.05) is 12.1 Å². The van der Waals surface area contributed by atoms with Crippen molar-refractivity contribution in [2.24, 2.45) is 0 Å². The topological polar surface area (TPSA) is 44.9 Å². The molecule has 0 fully saturated rings. The summed E-state index contributed by atoms with van der Waals surface area (Å²) < 4.78 is 12.9. The lowest BCUT2D eigenvalue weighted by molar-refractivity contribution is -0.105. The molecule has 94 valence electrons. The van der Waals surface area contributed by atoms with Gasteiger partial charge in [0.1, 0.15) is 5.82 Å². The smallest absolute Gasteiger partial charge is 0.211 e. The molecule has 1 aromatic heterocycles. The van der Waals surface area contributed by atoms with Crippen molar-refractivity contribution in [1.29, 1.82) is 0 Å². The average molecular weight is 254 g/mol. The maximum atomic E-state index is 12.9. The molecule has 4 heteroatoms. The van der Waals surface area contributed by atoms with Gasteiger partial charge in [0, 0.05) is 11.6 Å². The zero-order valence-electron chi connectivity index (χ0n) is 9.98. The predicted molar refractivity (Wildman–Crippen MR) is 73.4 cm³/mol. The number of hydrogen-bond acceptors (Lipinski definition) is 1. The number of nitrogens with one attached hydrogen (secondary N) is 2. The molecule has 0 bridgehead atoms. The summed E-state index contributed by atoms with van der Waals surface area (Å²) in [7, 11) is 0. The first kappa shape index (κ1) is 11.5. The molecule has 0 aliphatic heterocycles. The van der Waals surface area contributed by atoms with Crippen LogP contribution in [-0.2, 0) is 4.79 Å². The van der Waals surface area contributed by atoms with Crippen LogP contribution in [0.25, 0.3) is 22.0 Å². The first-order valence-corrected chi connectivity index (χ1v) is 5.85. The molecule has 3 rings (SSSR count). The Bertz CT molecular complexity index is 731. The molecule has 0 saturated heterocycles. The van der Waals surface area contributed by atoms with E-state index in [1.165, 1.54) is 12.1 Å². The fraction of sp³-hybridized carbons (Fsp3) is 0. The monoisotopic (exact) mass is 254 g/mol. The zero-order chi connectivity index (χ0) is 13.2. The Morgan fingerprint density at radius 1 is 1.05 bits per heavy atom. The van der Waals surface area contributed by atoms with Crippen LogP contribution in [0.2, 0.25) is 0 Å². The van der Waals surface area contributed by atoms with Crippen LogP contribution in [0.1, 0.15) is 0 Å². The zero-order valence-corrected chi connectivity index (χ0v) is 9.98. The van der Waals surface area contributed by atoms with Gasteiger partial charge in [-0.25, -0.2) is 4.39 Å². The second-order valence-corrected chi connectivity index (χ2v) is 4.23. The number of rotatable bonds is 3. The highest BCUT2D eigenvalue weighted by Gasteiger charge is 2.06. The predicted octanol–water partition coefficient (Wildman–Crippen LogP) is 3.54. The lowest BCUT2D eigenvalue weighted by Gasteiger charge is -2.07. The molecule has 0 unspecified atom stereocenters. The second-order valence-electron chi connectivity index (χ2n) is 4.23. The van der Waals surface area contributed by atoms with Gasteiger partial charge in [0.05, 0.1) is 11.2 Å². The van der Waals surface area contributed by atoms with Crippen LogP contribution < -0.4 is 5.32 Å². The fourth-order valence-electron chi connectivity index (χ4n) is 2.16. The molecule has 0 aliphatic rings. The number of hydrogen-bond donors (Lipinski definition) is 2. The quantitative estimate of drug-likeness (QED) is 0.690. The van der Waals surface area contributed by atoms with Crippen molar-refractivity contribution in [3.8, 4) is 11.1 Å². The van der Waals surface area contributed by atoms with E-state index in [4.69, 9.17) is 0 Å². The number of halogens is 1. The van der Waals surface area contributed by atoms with E-state index in [1.54, 1.807) is 12.1 Å². The minimum atomic E-state index is -0.266. The van der Waals surface area contributed by atoms with Crippen LogP contribution in [0.15, 0.2) is 48.7 Å². The molecule has 2 aromatic carbocycles. The lowest BCUT2D eigenvalue weighted by Crippen LogP contribution is -1.95. The van der Waals surface area contributed by atoms with E-state index in [1.807, 2.05) is 24.4 Å². The van der Waals surface area contributed by atoms with Gasteiger partial charge >= 0.3 is 0 Å². The number of carbonyl (C=O) groups excluding carboxylic acids is 1. The second kappa shape index (κ2) is 4.57. The number of benzene rings is 2. The summed E-state index contributed by atoms with van der Waals surface area (Å²) in [6, 6.07) is 12.1. The molecule has 2 N–H and O–H groups in total. The summed E-state index contributed by atoms with van der Waals surface area (Å²) in [5, 5.41) is 3.66. The number of carbonyl (C=O) groups is 1. The Balaban J connectivity index is 2.18. The highest BCUT2D eigenvalue weighted by atomic mass is 19.1. The standard InChI is InChI=1S/C15H11FN2O/c16-13-3-1-10(2-4-13)12-7-11-5-6-17-15(11)14(8-12)18-9-19/h1-9,17H,(H,18,19). The molecule has 0 spiro atoms. The van der Waals surface area contributed by atoms with Crippen LogP contribution in [0.5, 0.6) is 0 Å². The SMILES string of the molecule is O=CNc1cc(-c2ccc(F)cc2)cc2cc[nH]c12. The molecule has 1 heterocycles. The largest absolute Gasteiger partial charge is 0.359 e. The number of anilines is 1. The van der Waals surface area contributed by atoms with Gasteiger partial charge in [-0.2, -0.15) is 0 Å². The normalized spacial score (nSPS) is 10.6. The lowest BCUT2D eigenvalue weighted by atomic mass is 10.0. The molecule has 0 radical (unpaired) electrons. The number of amides is 1. The van der Waals surface area contributed by atoms with Crippen molar-refractivity contribution in [3.63, 3.8) is 0 Å². The molecule has 19 heavy (non-hydrogen) atoms. The summed E-state index contributed by atoms with van der Waals surface area (Å²) in [5.41, 5.74) is 3.41. The van der Waals surface area contributed by atoms with E-state index in [2.05, 4.69) is 10.3 Å². The van der Waals surface area contributed by atoms with E-state index in [0.717, 1.165) is 22.0 Å². The van der Waals surface area contributed by atoms with Crippen molar-refractivity contribution >= 4 is 23.0 Å². The van der Waals surface area contributed by atoms with Gasteiger partial charge in [0.15, 0.2) is 0 Å². The third kappa shape index (κ3) is 2.08. The molecular weight excluding hydrogens is 243 g/mol. The van der Waals surface area contributed by atoms with E-state index in [9.17, 15) is 9.18 Å². The Kier molecular flexibility index (Phi) is 2.76. The van der Waals surface area contributed by atoms with Gasteiger partial charge in [-0.15, -0.1) is 0 Å². The van der Waals surface area contributed by atoms with Gasteiger partial charge < -0.3 is 10.3 Å². The maximum absolute atomic E-state index is 12.9. The summed E-state index contributed by atoms with van der Waals surface area (Å²) >= 11 is 0. The molecule has 3 nitrogen and oxygen atoms in total. The molecule has 0 aliphatic carbocycles. The number of aromatic amines is 1. The maximum Gasteiger partial charge on any atom is 0.211 e. The highest BCUT2D eigenvalue weighted by Crippen LogP contribution is 2.30. The van der Waals surface area contributed by atoms with Crippen LogP contribution in [0.3, 0.4) is 0 Å². The Morgan fingerprint density at radius 3 is 2.58 bits per heavy atom. The summed E-state index contributed by atoms with van der Waals surface area (Å²) in [6.07, 6.45) is 2.46. The molecule has 3 aromatic rings. The number of H-pyrrole nitrogens is 1. The van der Waals surface area contributed by atoms with E-state index in [-0.39, 0.29) is 5.82 Å². The Morgan fingerprint density at radius 2 is 1.84 bits per heavy atom. The molecule has 0 saturated carbocycles. The van der Waals surface area contributed by atoms with Crippen LogP contribution in [0.4, 0.5) is 10.1 Å². The van der Waals surface area contributed by atoms with Gasteiger partial charge in [0.2, 0.25) is 6.41 Å². The van der Waals surface area contributed by atoms with Crippen molar-refractivity contribution < 1.29 is 9.18 Å². The minimum absolute atomic E-state index is 0.266. The fourth-order valence-corrected chi connectivity index (χ4v) is 2.16. The number of fused-ring (bicyclic) bond motifs is 1. The van der Waals surface area contributed by atoms with Gasteiger partial charge in [-0.05, 0) is 41.5 Å². The van der Waals surface area contributed by atoms with Gasteiger partial charge in [-0.3, -0.25) is 4.79 Å². The van der Waals surface area contributed by atoms with Crippen LogP contribution >= 0.6 is 0 Å². The Labute approximate surface area is 109 Å². The minimum Gasteiger partial charge on any atom is -0.359 e. The molecular formula is C15H11FN2O. The van der Waals surface area contributed by atoms with E-state index in [0.29, 0.717) is 12.1 Å². The summed E-state index contributed by atoms with van der Waals surface area (Å²) in [5.74, 6) is -0.266. The number of aromatic nitrogens is 1. The third-order valence-electron chi connectivity index (χ3n) is 3.05. The van der Waals surface area contributed by atoms with E-state index < -0.39 is 0 Å². The molecule has 0 atom stereocenters. The van der Waals surface area contributed by atoms with Crippen molar-refractivity contribution in [2.45, 2.75) is 0 Å². The van der Waals surface area contributed by atoms with Crippen LogP contribution in [0, 0.1) is 5.82 Å². The summed E-state index contributed by atoms with van der Waals surface area (Å²) in [6.45, 7) is 0. The van der Waals surface area contributed by atoms with Crippen molar-refractivity contribution in [1.82, 2.24) is 4.98 Å². The van der Waals surface area contributed by atoms with Crippen molar-refractivity contribution in [2.75, 3.05) is 5.32 Å². The first-order chi connectivity index (χ1) is 9.28. The Hall–Kier alpha value is -2.62.